The first kappa shape index (κ1) is 19.7. The number of hydrogen-bond acceptors (Lipinski definition) is 6. The molecule has 0 aliphatic rings. The van der Waals surface area contributed by atoms with Crippen molar-refractivity contribution in [3.63, 3.8) is 0 Å². The highest BCUT2D eigenvalue weighted by atomic mass is 32.2. The molecule has 2 aromatic carbocycles. The van der Waals surface area contributed by atoms with Crippen LogP contribution < -0.4 is 4.74 Å². The Balaban J connectivity index is 2.07. The first-order chi connectivity index (χ1) is 12.2. The smallest absolute Gasteiger partial charge is 0.338 e. The number of esters is 1. The molecule has 26 heavy (non-hydrogen) atoms. The second kappa shape index (κ2) is 8.14. The molecule has 0 saturated carbocycles. The van der Waals surface area contributed by atoms with Crippen molar-refractivity contribution in [3.05, 3.63) is 59.2 Å². The molecule has 0 saturated heterocycles. The number of sulfone groups is 1. The van der Waals surface area contributed by atoms with Crippen molar-refractivity contribution in [1.29, 1.82) is 0 Å². The monoisotopic (exact) mass is 376 g/mol. The van der Waals surface area contributed by atoms with Gasteiger partial charge in [0.15, 0.2) is 22.2 Å². The molecule has 7 heteroatoms. The lowest BCUT2D eigenvalue weighted by molar-refractivity contribution is 0.0473. The lowest BCUT2D eigenvalue weighted by atomic mass is 10.1. The molecule has 0 radical (unpaired) electrons. The topological polar surface area (TPSA) is 86.7 Å². The maximum absolute atomic E-state index is 12.2. The average molecular weight is 376 g/mol. The maximum Gasteiger partial charge on any atom is 0.338 e. The Bertz CT molecular complexity index is 914. The van der Waals surface area contributed by atoms with Crippen molar-refractivity contribution < 1.29 is 27.5 Å². The van der Waals surface area contributed by atoms with Crippen LogP contribution in [0.1, 0.15) is 33.2 Å². The molecular formula is C19H20O6S. The number of ether oxygens (including phenoxy) is 2. The summed E-state index contributed by atoms with van der Waals surface area (Å²) >= 11 is 0. The highest BCUT2D eigenvalue weighted by Crippen LogP contribution is 2.17. The standard InChI is InChI=1S/C19H20O6S/c1-4-24-15-8-6-14(7-9-15)18(20)12-25-19(21)17-11-16(26(3,22)23)10-5-13(17)2/h5-11H,4,12H2,1-3H3. The number of carbonyl (C=O) groups is 2. The molecule has 0 unspecified atom stereocenters. The molecule has 0 fully saturated rings. The quantitative estimate of drug-likeness (QED) is 0.545. The highest BCUT2D eigenvalue weighted by molar-refractivity contribution is 7.90. The van der Waals surface area contributed by atoms with E-state index in [0.717, 1.165) is 6.26 Å². The summed E-state index contributed by atoms with van der Waals surface area (Å²) in [7, 11) is -3.45. The molecule has 0 heterocycles. The predicted octanol–water partition coefficient (Wildman–Crippen LogP) is 2.84. The lowest BCUT2D eigenvalue weighted by Crippen LogP contribution is -2.15. The van der Waals surface area contributed by atoms with Gasteiger partial charge in [-0.2, -0.15) is 0 Å². The fraction of sp³-hybridized carbons (Fsp3) is 0.263. The number of carbonyl (C=O) groups excluding carboxylic acids is 2. The van der Waals surface area contributed by atoms with E-state index >= 15 is 0 Å². The minimum atomic E-state index is -3.45. The van der Waals surface area contributed by atoms with Crippen LogP contribution in [-0.4, -0.2) is 39.6 Å². The summed E-state index contributed by atoms with van der Waals surface area (Å²) in [6.07, 6.45) is 1.06. The molecule has 0 aliphatic carbocycles. The normalized spacial score (nSPS) is 11.0. The summed E-state index contributed by atoms with van der Waals surface area (Å²) in [4.78, 5) is 24.4. The van der Waals surface area contributed by atoms with E-state index in [1.807, 2.05) is 6.92 Å². The molecule has 0 N–H and O–H groups in total. The van der Waals surface area contributed by atoms with E-state index < -0.39 is 22.4 Å². The number of benzene rings is 2. The zero-order valence-electron chi connectivity index (χ0n) is 14.8. The van der Waals surface area contributed by atoms with E-state index in [9.17, 15) is 18.0 Å². The number of hydrogen-bond donors (Lipinski definition) is 0. The maximum atomic E-state index is 12.2. The van der Waals surface area contributed by atoms with Crippen LogP contribution in [0.25, 0.3) is 0 Å². The molecule has 0 amide bonds. The van der Waals surface area contributed by atoms with E-state index in [4.69, 9.17) is 9.47 Å². The Hall–Kier alpha value is -2.67. The van der Waals surface area contributed by atoms with E-state index in [-0.39, 0.29) is 16.2 Å². The second-order valence-electron chi connectivity index (χ2n) is 5.71. The van der Waals surface area contributed by atoms with Crippen molar-refractivity contribution in [2.24, 2.45) is 0 Å². The Morgan fingerprint density at radius 1 is 1.04 bits per heavy atom. The zero-order valence-corrected chi connectivity index (χ0v) is 15.6. The van der Waals surface area contributed by atoms with E-state index in [1.54, 1.807) is 31.2 Å². The first-order valence-corrected chi connectivity index (χ1v) is 9.85. The summed E-state index contributed by atoms with van der Waals surface area (Å²) in [5.41, 5.74) is 1.08. The summed E-state index contributed by atoms with van der Waals surface area (Å²) in [6.45, 7) is 3.61. The minimum absolute atomic E-state index is 0.0212. The van der Waals surface area contributed by atoms with Crippen molar-refractivity contribution in [2.75, 3.05) is 19.5 Å². The molecule has 138 valence electrons. The fourth-order valence-corrected chi connectivity index (χ4v) is 2.89. The second-order valence-corrected chi connectivity index (χ2v) is 7.72. The van der Waals surface area contributed by atoms with Gasteiger partial charge in [-0.25, -0.2) is 13.2 Å². The third-order valence-corrected chi connectivity index (χ3v) is 4.79. The third kappa shape index (κ3) is 4.92. The predicted molar refractivity (Wildman–Crippen MR) is 96.5 cm³/mol. The first-order valence-electron chi connectivity index (χ1n) is 7.96. The number of aryl methyl sites for hydroxylation is 1. The van der Waals surface area contributed by atoms with Crippen LogP contribution in [0.15, 0.2) is 47.4 Å². The summed E-state index contributed by atoms with van der Waals surface area (Å²) in [5, 5.41) is 0. The molecule has 6 nitrogen and oxygen atoms in total. The highest BCUT2D eigenvalue weighted by Gasteiger charge is 2.17. The zero-order chi connectivity index (χ0) is 19.3. The van der Waals surface area contributed by atoms with Gasteiger partial charge in [-0.1, -0.05) is 6.07 Å². The van der Waals surface area contributed by atoms with Crippen LogP contribution in [0.2, 0.25) is 0 Å². The van der Waals surface area contributed by atoms with Crippen LogP contribution in [0.5, 0.6) is 5.75 Å². The van der Waals surface area contributed by atoms with Crippen LogP contribution in [-0.2, 0) is 14.6 Å². The van der Waals surface area contributed by atoms with Gasteiger partial charge < -0.3 is 9.47 Å². The largest absolute Gasteiger partial charge is 0.494 e. The van der Waals surface area contributed by atoms with Crippen LogP contribution >= 0.6 is 0 Å². The van der Waals surface area contributed by atoms with E-state index in [0.29, 0.717) is 23.5 Å². The van der Waals surface area contributed by atoms with Gasteiger partial charge in [-0.05, 0) is 55.8 Å². The summed E-state index contributed by atoms with van der Waals surface area (Å²) < 4.78 is 33.6. The molecule has 2 rings (SSSR count). The number of Topliss-reactive ketones (excluding diaryl/α,β-unsaturated/α-hetero) is 1. The summed E-state index contributed by atoms with van der Waals surface area (Å²) in [6, 6.07) is 10.7. The van der Waals surface area contributed by atoms with Crippen molar-refractivity contribution in [3.8, 4) is 5.75 Å². The van der Waals surface area contributed by atoms with Gasteiger partial charge in [-0.3, -0.25) is 4.79 Å². The molecule has 0 aromatic heterocycles. The van der Waals surface area contributed by atoms with Crippen molar-refractivity contribution in [1.82, 2.24) is 0 Å². The van der Waals surface area contributed by atoms with Gasteiger partial charge in [-0.15, -0.1) is 0 Å². The fourth-order valence-electron chi connectivity index (χ4n) is 2.25. The van der Waals surface area contributed by atoms with Crippen LogP contribution in [0.4, 0.5) is 0 Å². The Labute approximate surface area is 152 Å². The van der Waals surface area contributed by atoms with Crippen LogP contribution in [0.3, 0.4) is 0 Å². The Morgan fingerprint density at radius 3 is 2.27 bits per heavy atom. The molecular weight excluding hydrogens is 356 g/mol. The van der Waals surface area contributed by atoms with Crippen molar-refractivity contribution >= 4 is 21.6 Å². The Morgan fingerprint density at radius 2 is 1.69 bits per heavy atom. The van der Waals surface area contributed by atoms with Gasteiger partial charge in [0, 0.05) is 11.8 Å². The molecule has 0 atom stereocenters. The number of rotatable bonds is 7. The van der Waals surface area contributed by atoms with Gasteiger partial charge >= 0.3 is 5.97 Å². The molecule has 0 bridgehead atoms. The average Bonchev–Trinajstić information content (AvgIpc) is 2.59. The molecule has 0 spiro atoms. The van der Waals surface area contributed by atoms with Gasteiger partial charge in [0.2, 0.25) is 0 Å². The number of ketones is 1. The molecule has 0 aliphatic heterocycles. The van der Waals surface area contributed by atoms with Gasteiger partial charge in [0.1, 0.15) is 5.75 Å². The Kier molecular flexibility index (Phi) is 6.15. The summed E-state index contributed by atoms with van der Waals surface area (Å²) in [5.74, 6) is -0.458. The SMILES string of the molecule is CCOc1ccc(C(=O)COC(=O)c2cc(S(C)(=O)=O)ccc2C)cc1. The third-order valence-electron chi connectivity index (χ3n) is 3.68. The van der Waals surface area contributed by atoms with Crippen molar-refractivity contribution in [2.45, 2.75) is 18.7 Å². The molecule has 2 aromatic rings. The lowest BCUT2D eigenvalue weighted by Gasteiger charge is -2.09. The van der Waals surface area contributed by atoms with Gasteiger partial charge in [0.25, 0.3) is 0 Å². The van der Waals surface area contributed by atoms with Crippen LogP contribution in [0, 0.1) is 6.92 Å². The van der Waals surface area contributed by atoms with E-state index in [1.165, 1.54) is 18.2 Å². The van der Waals surface area contributed by atoms with E-state index in [2.05, 4.69) is 0 Å². The van der Waals surface area contributed by atoms with Gasteiger partial charge in [0.05, 0.1) is 17.1 Å². The minimum Gasteiger partial charge on any atom is -0.494 e.